The second kappa shape index (κ2) is 7.79. The van der Waals surface area contributed by atoms with Crippen molar-refractivity contribution in [1.82, 2.24) is 4.98 Å². The second-order valence-corrected chi connectivity index (χ2v) is 8.24. The van der Waals surface area contributed by atoms with Crippen molar-refractivity contribution in [1.29, 1.82) is 0 Å². The number of hydrogen-bond donors (Lipinski definition) is 0. The molecule has 0 spiro atoms. The van der Waals surface area contributed by atoms with Gasteiger partial charge in [-0.15, -0.1) is 0 Å². The van der Waals surface area contributed by atoms with E-state index in [1.54, 1.807) is 36.3 Å². The van der Waals surface area contributed by atoms with Crippen LogP contribution in [0.5, 0.6) is 5.75 Å². The first kappa shape index (κ1) is 18.7. The third kappa shape index (κ3) is 3.71. The standard InChI is InChI=1S/C18H16BrClN2O4S/c1-24-12-5-4-11(20)16-15(12)21-18(27-16)22(9-10-3-2-8-25-10)17(23)13-6-7-14(19)26-13/h4-7,10H,2-3,8-9H2,1H3. The fourth-order valence-electron chi connectivity index (χ4n) is 3.02. The molecule has 27 heavy (non-hydrogen) atoms. The van der Waals surface area contributed by atoms with E-state index in [2.05, 4.69) is 20.9 Å². The largest absolute Gasteiger partial charge is 0.494 e. The Hall–Kier alpha value is -1.61. The number of thiazole rings is 1. The van der Waals surface area contributed by atoms with Gasteiger partial charge in [0.25, 0.3) is 5.91 Å². The third-order valence-electron chi connectivity index (χ3n) is 4.34. The molecule has 9 heteroatoms. The Morgan fingerprint density at radius 3 is 2.96 bits per heavy atom. The fraction of sp³-hybridized carbons (Fsp3) is 0.333. The number of nitrogens with zero attached hydrogens (tertiary/aromatic N) is 2. The van der Waals surface area contributed by atoms with Crippen LogP contribution < -0.4 is 9.64 Å². The molecule has 1 amide bonds. The summed E-state index contributed by atoms with van der Waals surface area (Å²) in [5.41, 5.74) is 0.635. The summed E-state index contributed by atoms with van der Waals surface area (Å²) in [5.74, 6) is 0.574. The van der Waals surface area contributed by atoms with Gasteiger partial charge in [0.1, 0.15) is 11.3 Å². The highest BCUT2D eigenvalue weighted by Gasteiger charge is 2.29. The van der Waals surface area contributed by atoms with Gasteiger partial charge in [-0.05, 0) is 53.0 Å². The fourth-order valence-corrected chi connectivity index (χ4v) is 4.59. The highest BCUT2D eigenvalue weighted by molar-refractivity contribution is 9.10. The summed E-state index contributed by atoms with van der Waals surface area (Å²) in [5, 5.41) is 1.10. The van der Waals surface area contributed by atoms with Crippen molar-refractivity contribution in [3.05, 3.63) is 39.7 Å². The number of furan rings is 1. The van der Waals surface area contributed by atoms with E-state index in [0.29, 0.717) is 39.2 Å². The normalized spacial score (nSPS) is 16.8. The van der Waals surface area contributed by atoms with Crippen molar-refractivity contribution >= 4 is 60.1 Å². The van der Waals surface area contributed by atoms with E-state index in [9.17, 15) is 4.79 Å². The van der Waals surface area contributed by atoms with Crippen molar-refractivity contribution in [3.8, 4) is 5.75 Å². The van der Waals surface area contributed by atoms with Crippen molar-refractivity contribution in [3.63, 3.8) is 0 Å². The second-order valence-electron chi connectivity index (χ2n) is 6.08. The summed E-state index contributed by atoms with van der Waals surface area (Å²) < 4.78 is 17.9. The lowest BCUT2D eigenvalue weighted by Crippen LogP contribution is -2.37. The summed E-state index contributed by atoms with van der Waals surface area (Å²) in [6.07, 6.45) is 1.86. The average molecular weight is 472 g/mol. The molecule has 0 radical (unpaired) electrons. The van der Waals surface area contributed by atoms with Gasteiger partial charge in [0.15, 0.2) is 15.6 Å². The average Bonchev–Trinajstić information content (AvgIpc) is 3.40. The number of fused-ring (bicyclic) bond motifs is 1. The van der Waals surface area contributed by atoms with Gasteiger partial charge in [0.05, 0.1) is 29.5 Å². The van der Waals surface area contributed by atoms with Crippen molar-refractivity contribution in [2.45, 2.75) is 18.9 Å². The molecule has 0 saturated carbocycles. The Labute approximate surface area is 173 Å². The highest BCUT2D eigenvalue weighted by atomic mass is 79.9. The minimum atomic E-state index is -0.273. The quantitative estimate of drug-likeness (QED) is 0.515. The Kier molecular flexibility index (Phi) is 5.41. The van der Waals surface area contributed by atoms with Crippen LogP contribution in [0.4, 0.5) is 5.13 Å². The van der Waals surface area contributed by atoms with E-state index in [4.69, 9.17) is 25.5 Å². The van der Waals surface area contributed by atoms with Gasteiger partial charge in [-0.3, -0.25) is 9.69 Å². The number of anilines is 1. The van der Waals surface area contributed by atoms with Gasteiger partial charge in [-0.1, -0.05) is 22.9 Å². The lowest BCUT2D eigenvalue weighted by molar-refractivity contribution is 0.0894. The van der Waals surface area contributed by atoms with Gasteiger partial charge in [0, 0.05) is 6.61 Å². The Morgan fingerprint density at radius 2 is 2.30 bits per heavy atom. The Bertz CT molecular complexity index is 983. The number of carbonyl (C=O) groups excluding carboxylic acids is 1. The van der Waals surface area contributed by atoms with Crippen LogP contribution in [0.25, 0.3) is 10.2 Å². The van der Waals surface area contributed by atoms with Crippen LogP contribution in [-0.4, -0.2) is 37.3 Å². The van der Waals surface area contributed by atoms with E-state index in [0.717, 1.165) is 17.5 Å². The molecule has 1 aliphatic heterocycles. The van der Waals surface area contributed by atoms with Crippen LogP contribution in [0.15, 0.2) is 33.4 Å². The van der Waals surface area contributed by atoms with Gasteiger partial charge < -0.3 is 13.9 Å². The van der Waals surface area contributed by atoms with Crippen LogP contribution in [0.3, 0.4) is 0 Å². The first-order valence-corrected chi connectivity index (χ1v) is 10.4. The molecular formula is C18H16BrClN2O4S. The van der Waals surface area contributed by atoms with E-state index in [1.807, 2.05) is 0 Å². The Morgan fingerprint density at radius 1 is 1.44 bits per heavy atom. The van der Waals surface area contributed by atoms with Gasteiger partial charge in [-0.2, -0.15) is 0 Å². The van der Waals surface area contributed by atoms with Gasteiger partial charge in [0.2, 0.25) is 0 Å². The molecule has 1 aliphatic rings. The molecule has 1 atom stereocenters. The first-order valence-electron chi connectivity index (χ1n) is 8.38. The summed E-state index contributed by atoms with van der Waals surface area (Å²) in [6.45, 7) is 1.11. The van der Waals surface area contributed by atoms with Gasteiger partial charge >= 0.3 is 0 Å². The molecule has 4 rings (SSSR count). The third-order valence-corrected chi connectivity index (χ3v) is 6.30. The number of hydrogen-bond acceptors (Lipinski definition) is 6. The first-order chi connectivity index (χ1) is 13.1. The lowest BCUT2D eigenvalue weighted by atomic mass is 10.2. The van der Waals surface area contributed by atoms with E-state index in [-0.39, 0.29) is 17.8 Å². The molecule has 1 unspecified atom stereocenters. The Balaban J connectivity index is 1.76. The minimum absolute atomic E-state index is 0.0308. The van der Waals surface area contributed by atoms with Gasteiger partial charge in [-0.25, -0.2) is 4.98 Å². The molecular weight excluding hydrogens is 456 g/mol. The van der Waals surface area contributed by atoms with Crippen LogP contribution in [-0.2, 0) is 4.74 Å². The van der Waals surface area contributed by atoms with Crippen molar-refractivity contribution in [2.24, 2.45) is 0 Å². The van der Waals surface area contributed by atoms with Crippen LogP contribution in [0, 0.1) is 0 Å². The molecule has 6 nitrogen and oxygen atoms in total. The van der Waals surface area contributed by atoms with Crippen LogP contribution in [0.1, 0.15) is 23.4 Å². The number of amides is 1. The molecule has 0 N–H and O–H groups in total. The molecule has 1 fully saturated rings. The number of ether oxygens (including phenoxy) is 2. The van der Waals surface area contributed by atoms with Crippen LogP contribution >= 0.6 is 38.9 Å². The van der Waals surface area contributed by atoms with Crippen molar-refractivity contribution in [2.75, 3.05) is 25.2 Å². The zero-order valence-corrected chi connectivity index (χ0v) is 17.6. The summed E-state index contributed by atoms with van der Waals surface area (Å²) in [6, 6.07) is 6.86. The molecule has 1 aromatic carbocycles. The SMILES string of the molecule is COc1ccc(Cl)c2sc(N(CC3CCCO3)C(=O)c3ccc(Br)o3)nc12. The van der Waals surface area contributed by atoms with E-state index < -0.39 is 0 Å². The number of halogens is 2. The number of methoxy groups -OCH3 is 1. The molecule has 2 aromatic heterocycles. The minimum Gasteiger partial charge on any atom is -0.494 e. The summed E-state index contributed by atoms with van der Waals surface area (Å²) in [4.78, 5) is 19.4. The van der Waals surface area contributed by atoms with Crippen LogP contribution in [0.2, 0.25) is 5.02 Å². The smallest absolute Gasteiger partial charge is 0.295 e. The maximum atomic E-state index is 13.1. The maximum absolute atomic E-state index is 13.1. The number of rotatable bonds is 5. The topological polar surface area (TPSA) is 64.8 Å². The maximum Gasteiger partial charge on any atom is 0.295 e. The number of benzene rings is 1. The molecule has 0 bridgehead atoms. The molecule has 1 saturated heterocycles. The zero-order valence-electron chi connectivity index (χ0n) is 14.4. The number of carbonyl (C=O) groups is 1. The predicted molar refractivity (Wildman–Crippen MR) is 108 cm³/mol. The highest BCUT2D eigenvalue weighted by Crippen LogP contribution is 2.39. The number of aromatic nitrogens is 1. The lowest BCUT2D eigenvalue weighted by Gasteiger charge is -2.22. The molecule has 0 aliphatic carbocycles. The monoisotopic (exact) mass is 470 g/mol. The zero-order chi connectivity index (χ0) is 19.0. The molecule has 3 heterocycles. The van der Waals surface area contributed by atoms with Crippen molar-refractivity contribution < 1.29 is 18.7 Å². The molecule has 3 aromatic rings. The summed E-state index contributed by atoms with van der Waals surface area (Å²) in [7, 11) is 1.58. The summed E-state index contributed by atoms with van der Waals surface area (Å²) >= 11 is 10.9. The van der Waals surface area contributed by atoms with E-state index in [1.165, 1.54) is 11.3 Å². The molecule has 142 valence electrons. The van der Waals surface area contributed by atoms with E-state index >= 15 is 0 Å². The predicted octanol–water partition coefficient (Wildman–Crippen LogP) is 5.14.